The summed E-state index contributed by atoms with van der Waals surface area (Å²) in [5.41, 5.74) is 4.41. The van der Waals surface area contributed by atoms with E-state index in [1.165, 1.54) is 18.5 Å². The molecule has 0 bridgehead atoms. The van der Waals surface area contributed by atoms with Crippen LogP contribution in [0.5, 0.6) is 0 Å². The number of nitrogens with zero attached hydrogens (tertiary/aromatic N) is 2. The maximum atomic E-state index is 12.8. The number of aryl methyl sites for hydroxylation is 1. The summed E-state index contributed by atoms with van der Waals surface area (Å²) >= 11 is 0. The Hall–Kier alpha value is -3.98. The minimum absolute atomic E-state index is 0.253. The van der Waals surface area contributed by atoms with E-state index in [0.717, 1.165) is 16.8 Å². The summed E-state index contributed by atoms with van der Waals surface area (Å²) in [5, 5.41) is 14.6. The van der Waals surface area contributed by atoms with Crippen molar-refractivity contribution in [2.45, 2.75) is 26.7 Å². The van der Waals surface area contributed by atoms with Crippen LogP contribution in [0.15, 0.2) is 60.9 Å². The summed E-state index contributed by atoms with van der Waals surface area (Å²) in [5.74, 6) is -0.463. The normalized spacial score (nSPS) is 10.4. The van der Waals surface area contributed by atoms with Gasteiger partial charge in [-0.05, 0) is 54.3 Å². The van der Waals surface area contributed by atoms with Crippen molar-refractivity contribution in [3.63, 3.8) is 0 Å². The van der Waals surface area contributed by atoms with Gasteiger partial charge < -0.3 is 10.6 Å². The molecule has 1 heterocycles. The van der Waals surface area contributed by atoms with E-state index in [9.17, 15) is 9.59 Å². The van der Waals surface area contributed by atoms with Crippen molar-refractivity contribution in [3.05, 3.63) is 88.7 Å². The maximum Gasteiger partial charge on any atom is 0.257 e. The third-order valence-electron chi connectivity index (χ3n) is 4.70. The molecule has 6 nitrogen and oxygen atoms in total. The van der Waals surface area contributed by atoms with Gasteiger partial charge in [0, 0.05) is 23.8 Å². The van der Waals surface area contributed by atoms with Gasteiger partial charge in [-0.25, -0.2) is 0 Å². The highest BCUT2D eigenvalue weighted by Crippen LogP contribution is 2.27. The molecule has 0 aliphatic carbocycles. The van der Waals surface area contributed by atoms with E-state index in [1.807, 2.05) is 31.2 Å². The number of benzene rings is 2. The highest BCUT2D eigenvalue weighted by Gasteiger charge is 2.15. The molecular weight excluding hydrogens is 376 g/mol. The minimum Gasteiger partial charge on any atom is -0.322 e. The molecule has 0 spiro atoms. The Morgan fingerprint density at radius 2 is 1.60 bits per heavy atom. The molecule has 0 atom stereocenters. The van der Waals surface area contributed by atoms with Crippen LogP contribution in [0.2, 0.25) is 0 Å². The van der Waals surface area contributed by atoms with Gasteiger partial charge in [-0.3, -0.25) is 14.6 Å². The lowest BCUT2D eigenvalue weighted by Crippen LogP contribution is -2.17. The van der Waals surface area contributed by atoms with Gasteiger partial charge in [0.2, 0.25) is 0 Å². The number of rotatable bonds is 5. The topological polar surface area (TPSA) is 94.9 Å². The zero-order valence-electron chi connectivity index (χ0n) is 17.1. The number of anilines is 2. The van der Waals surface area contributed by atoms with Crippen LogP contribution in [0, 0.1) is 18.3 Å². The Morgan fingerprint density at radius 1 is 0.967 bits per heavy atom. The van der Waals surface area contributed by atoms with E-state index in [4.69, 9.17) is 5.26 Å². The second kappa shape index (κ2) is 9.01. The standard InChI is InChI=1S/C24H22N4O2/c1-15(2)21-6-4-5-16(3)22(21)28-24(30)19-11-18(13-26-14-19)23(29)27-20-9-7-17(12-25)8-10-20/h4-11,13-15H,1-3H3,(H,27,29)(H,28,30). The van der Waals surface area contributed by atoms with Crippen LogP contribution >= 0.6 is 0 Å². The fraction of sp³-hybridized carbons (Fsp3) is 0.167. The minimum atomic E-state index is -0.388. The zero-order chi connectivity index (χ0) is 21.7. The van der Waals surface area contributed by atoms with Crippen molar-refractivity contribution < 1.29 is 9.59 Å². The molecular formula is C24H22N4O2. The number of pyridine rings is 1. The van der Waals surface area contributed by atoms with Crippen LogP contribution in [0.25, 0.3) is 0 Å². The van der Waals surface area contributed by atoms with Crippen molar-refractivity contribution >= 4 is 23.2 Å². The van der Waals surface area contributed by atoms with E-state index in [0.29, 0.717) is 16.8 Å². The predicted octanol–water partition coefficient (Wildman–Crippen LogP) is 4.89. The molecule has 0 unspecified atom stereocenters. The van der Waals surface area contributed by atoms with Gasteiger partial charge in [0.05, 0.1) is 22.8 Å². The Bertz CT molecular complexity index is 1130. The molecule has 30 heavy (non-hydrogen) atoms. The van der Waals surface area contributed by atoms with Crippen molar-refractivity contribution in [1.29, 1.82) is 5.26 Å². The van der Waals surface area contributed by atoms with Gasteiger partial charge in [0.1, 0.15) is 0 Å². The second-order valence-corrected chi connectivity index (χ2v) is 7.25. The fourth-order valence-electron chi connectivity index (χ4n) is 3.05. The van der Waals surface area contributed by atoms with Crippen LogP contribution < -0.4 is 10.6 Å². The van der Waals surface area contributed by atoms with Crippen molar-refractivity contribution in [3.8, 4) is 6.07 Å². The molecule has 0 radical (unpaired) electrons. The van der Waals surface area contributed by atoms with E-state index in [1.54, 1.807) is 24.3 Å². The van der Waals surface area contributed by atoms with E-state index in [-0.39, 0.29) is 23.3 Å². The van der Waals surface area contributed by atoms with Gasteiger partial charge in [-0.15, -0.1) is 0 Å². The number of hydrogen-bond donors (Lipinski definition) is 2. The number of aromatic nitrogens is 1. The molecule has 1 aromatic heterocycles. The molecule has 6 heteroatoms. The maximum absolute atomic E-state index is 12.8. The van der Waals surface area contributed by atoms with Crippen LogP contribution in [-0.2, 0) is 0 Å². The highest BCUT2D eigenvalue weighted by molar-refractivity contribution is 6.08. The van der Waals surface area contributed by atoms with Crippen molar-refractivity contribution in [2.24, 2.45) is 0 Å². The molecule has 0 aliphatic heterocycles. The lowest BCUT2D eigenvalue weighted by Gasteiger charge is -2.16. The molecule has 0 aliphatic rings. The molecule has 2 aromatic carbocycles. The van der Waals surface area contributed by atoms with Gasteiger partial charge in [0.25, 0.3) is 11.8 Å². The summed E-state index contributed by atoms with van der Waals surface area (Å²) in [6.07, 6.45) is 2.84. The smallest absolute Gasteiger partial charge is 0.257 e. The average molecular weight is 398 g/mol. The quantitative estimate of drug-likeness (QED) is 0.640. The monoisotopic (exact) mass is 398 g/mol. The fourth-order valence-corrected chi connectivity index (χ4v) is 3.05. The summed E-state index contributed by atoms with van der Waals surface area (Å²) in [4.78, 5) is 29.4. The molecule has 2 amide bonds. The van der Waals surface area contributed by atoms with Crippen molar-refractivity contribution in [2.75, 3.05) is 10.6 Å². The number of amides is 2. The first kappa shape index (κ1) is 20.7. The van der Waals surface area contributed by atoms with Gasteiger partial charge in [-0.1, -0.05) is 32.0 Å². The Morgan fingerprint density at radius 3 is 2.20 bits per heavy atom. The van der Waals surface area contributed by atoms with E-state index < -0.39 is 0 Å². The molecule has 0 saturated heterocycles. The second-order valence-electron chi connectivity index (χ2n) is 7.25. The molecule has 2 N–H and O–H groups in total. The van der Waals surface area contributed by atoms with Crippen LogP contribution in [0.4, 0.5) is 11.4 Å². The van der Waals surface area contributed by atoms with E-state index in [2.05, 4.69) is 29.5 Å². The first-order valence-electron chi connectivity index (χ1n) is 9.56. The number of hydrogen-bond acceptors (Lipinski definition) is 4. The zero-order valence-corrected chi connectivity index (χ0v) is 17.1. The lowest BCUT2D eigenvalue weighted by molar-refractivity contribution is 0.102. The number of nitriles is 1. The molecule has 150 valence electrons. The molecule has 3 aromatic rings. The van der Waals surface area contributed by atoms with E-state index >= 15 is 0 Å². The summed E-state index contributed by atoms with van der Waals surface area (Å²) < 4.78 is 0. The SMILES string of the molecule is Cc1cccc(C(C)C)c1NC(=O)c1cncc(C(=O)Nc2ccc(C#N)cc2)c1. The summed E-state index contributed by atoms with van der Waals surface area (Å²) in [7, 11) is 0. The molecule has 3 rings (SSSR count). The molecule has 0 fully saturated rings. The first-order chi connectivity index (χ1) is 14.4. The lowest BCUT2D eigenvalue weighted by atomic mass is 9.98. The largest absolute Gasteiger partial charge is 0.322 e. The van der Waals surface area contributed by atoms with Crippen LogP contribution in [0.3, 0.4) is 0 Å². The predicted molar refractivity (Wildman–Crippen MR) is 117 cm³/mol. The van der Waals surface area contributed by atoms with Gasteiger partial charge in [0.15, 0.2) is 0 Å². The third kappa shape index (κ3) is 4.70. The molecule has 0 saturated carbocycles. The number of carbonyl (C=O) groups excluding carboxylic acids is 2. The number of para-hydroxylation sites is 1. The van der Waals surface area contributed by atoms with Crippen LogP contribution in [0.1, 0.15) is 57.2 Å². The van der Waals surface area contributed by atoms with Crippen molar-refractivity contribution in [1.82, 2.24) is 4.98 Å². The Labute approximate surface area is 175 Å². The Kier molecular flexibility index (Phi) is 6.23. The van der Waals surface area contributed by atoms with Crippen LogP contribution in [-0.4, -0.2) is 16.8 Å². The van der Waals surface area contributed by atoms with Gasteiger partial charge in [-0.2, -0.15) is 5.26 Å². The number of carbonyl (C=O) groups is 2. The average Bonchev–Trinajstić information content (AvgIpc) is 2.75. The first-order valence-corrected chi connectivity index (χ1v) is 9.56. The highest BCUT2D eigenvalue weighted by atomic mass is 16.2. The Balaban J connectivity index is 1.79. The van der Waals surface area contributed by atoms with Gasteiger partial charge >= 0.3 is 0 Å². The number of nitrogens with one attached hydrogen (secondary N) is 2. The summed E-state index contributed by atoms with van der Waals surface area (Å²) in [6, 6.07) is 16.0. The third-order valence-corrected chi connectivity index (χ3v) is 4.70. The summed E-state index contributed by atoms with van der Waals surface area (Å²) in [6.45, 7) is 6.08.